The minimum absolute atomic E-state index is 0.0205. The zero-order chi connectivity index (χ0) is 13.0. The van der Waals surface area contributed by atoms with Gasteiger partial charge in [0.15, 0.2) is 0 Å². The van der Waals surface area contributed by atoms with Gasteiger partial charge in [0.1, 0.15) is 0 Å². The van der Waals surface area contributed by atoms with Crippen LogP contribution in [0.15, 0.2) is 24.3 Å². The molecular formula is C15H22N2O. The molecule has 0 saturated carbocycles. The second-order valence-corrected chi connectivity index (χ2v) is 5.20. The van der Waals surface area contributed by atoms with Crippen LogP contribution in [0.1, 0.15) is 30.9 Å². The molecule has 3 nitrogen and oxygen atoms in total. The number of rotatable bonds is 4. The number of nitrogens with one attached hydrogen (secondary N) is 1. The number of amides is 1. The van der Waals surface area contributed by atoms with E-state index in [1.165, 1.54) is 11.1 Å². The zero-order valence-corrected chi connectivity index (χ0v) is 11.0. The highest BCUT2D eigenvalue weighted by atomic mass is 16.1. The van der Waals surface area contributed by atoms with Gasteiger partial charge in [0, 0.05) is 12.0 Å². The van der Waals surface area contributed by atoms with Crippen molar-refractivity contribution in [3.05, 3.63) is 35.4 Å². The van der Waals surface area contributed by atoms with Gasteiger partial charge in [0.2, 0.25) is 5.91 Å². The number of benzene rings is 1. The van der Waals surface area contributed by atoms with Crippen molar-refractivity contribution in [2.24, 2.45) is 11.7 Å². The Hall–Kier alpha value is -1.35. The molecule has 1 aromatic rings. The standard InChI is InChI=1S/C15H22N2O/c1-11(8-9-16)15(18)17-14-7-6-12-4-2-3-5-13(12)10-14/h2-5,11,14H,6-10,16H2,1H3,(H,17,18). The Balaban J connectivity index is 1.92. The first-order valence-electron chi connectivity index (χ1n) is 6.78. The maximum Gasteiger partial charge on any atom is 0.223 e. The van der Waals surface area contributed by atoms with Gasteiger partial charge in [-0.25, -0.2) is 0 Å². The van der Waals surface area contributed by atoms with Gasteiger partial charge in [0.25, 0.3) is 0 Å². The fourth-order valence-electron chi connectivity index (χ4n) is 2.55. The van der Waals surface area contributed by atoms with Gasteiger partial charge < -0.3 is 11.1 Å². The molecule has 0 aromatic heterocycles. The van der Waals surface area contributed by atoms with Gasteiger partial charge in [-0.1, -0.05) is 31.2 Å². The van der Waals surface area contributed by atoms with Crippen LogP contribution >= 0.6 is 0 Å². The van der Waals surface area contributed by atoms with Gasteiger partial charge in [-0.05, 0) is 43.4 Å². The third-order valence-corrected chi connectivity index (χ3v) is 3.74. The van der Waals surface area contributed by atoms with Crippen LogP contribution in [0, 0.1) is 5.92 Å². The molecule has 0 saturated heterocycles. The summed E-state index contributed by atoms with van der Waals surface area (Å²) in [7, 11) is 0. The molecule has 98 valence electrons. The minimum atomic E-state index is 0.0205. The number of hydrogen-bond donors (Lipinski definition) is 2. The summed E-state index contributed by atoms with van der Waals surface area (Å²) < 4.78 is 0. The van der Waals surface area contributed by atoms with Gasteiger partial charge in [0.05, 0.1) is 0 Å². The Kier molecular flexibility index (Phi) is 4.37. The molecular weight excluding hydrogens is 224 g/mol. The van der Waals surface area contributed by atoms with Crippen molar-refractivity contribution in [1.82, 2.24) is 5.32 Å². The molecule has 1 aromatic carbocycles. The molecule has 3 N–H and O–H groups in total. The number of aryl methyl sites for hydroxylation is 1. The molecule has 2 atom stereocenters. The molecule has 2 unspecified atom stereocenters. The van der Waals surface area contributed by atoms with Crippen molar-refractivity contribution < 1.29 is 4.79 Å². The minimum Gasteiger partial charge on any atom is -0.353 e. The number of hydrogen-bond acceptors (Lipinski definition) is 2. The maximum atomic E-state index is 11.9. The quantitative estimate of drug-likeness (QED) is 0.848. The average Bonchev–Trinajstić information content (AvgIpc) is 2.39. The molecule has 0 bridgehead atoms. The molecule has 0 aliphatic heterocycles. The van der Waals surface area contributed by atoms with Crippen molar-refractivity contribution in [3.63, 3.8) is 0 Å². The van der Waals surface area contributed by atoms with E-state index in [2.05, 4.69) is 29.6 Å². The van der Waals surface area contributed by atoms with E-state index < -0.39 is 0 Å². The van der Waals surface area contributed by atoms with Crippen LogP contribution in [0.2, 0.25) is 0 Å². The largest absolute Gasteiger partial charge is 0.353 e. The predicted octanol–water partition coefficient (Wildman–Crippen LogP) is 1.65. The smallest absolute Gasteiger partial charge is 0.223 e. The lowest BCUT2D eigenvalue weighted by atomic mass is 9.88. The predicted molar refractivity (Wildman–Crippen MR) is 73.2 cm³/mol. The van der Waals surface area contributed by atoms with Crippen LogP contribution in [-0.4, -0.2) is 18.5 Å². The van der Waals surface area contributed by atoms with E-state index in [9.17, 15) is 4.79 Å². The summed E-state index contributed by atoms with van der Waals surface area (Å²) in [5.74, 6) is 0.164. The Morgan fingerprint density at radius 3 is 2.89 bits per heavy atom. The first-order chi connectivity index (χ1) is 8.70. The SMILES string of the molecule is CC(CCN)C(=O)NC1CCc2ccccc2C1. The van der Waals surface area contributed by atoms with Gasteiger partial charge in [-0.2, -0.15) is 0 Å². The van der Waals surface area contributed by atoms with E-state index in [-0.39, 0.29) is 17.9 Å². The topological polar surface area (TPSA) is 55.1 Å². The Morgan fingerprint density at radius 2 is 2.17 bits per heavy atom. The summed E-state index contributed by atoms with van der Waals surface area (Å²) in [6.45, 7) is 2.51. The molecule has 0 spiro atoms. The maximum absolute atomic E-state index is 11.9. The van der Waals surface area contributed by atoms with Crippen molar-refractivity contribution >= 4 is 5.91 Å². The molecule has 1 aliphatic carbocycles. The van der Waals surface area contributed by atoms with Crippen molar-refractivity contribution in [2.45, 2.75) is 38.6 Å². The number of carbonyl (C=O) groups excluding carboxylic acids is 1. The van der Waals surface area contributed by atoms with Crippen LogP contribution in [-0.2, 0) is 17.6 Å². The van der Waals surface area contributed by atoms with E-state index in [0.29, 0.717) is 6.54 Å². The Morgan fingerprint density at radius 1 is 1.44 bits per heavy atom. The summed E-state index contributed by atoms with van der Waals surface area (Å²) in [5.41, 5.74) is 8.29. The summed E-state index contributed by atoms with van der Waals surface area (Å²) in [4.78, 5) is 11.9. The molecule has 2 rings (SSSR count). The average molecular weight is 246 g/mol. The highest BCUT2D eigenvalue weighted by Gasteiger charge is 2.21. The van der Waals surface area contributed by atoms with Crippen LogP contribution in [0.4, 0.5) is 0 Å². The second kappa shape index (κ2) is 6.01. The van der Waals surface area contributed by atoms with Crippen LogP contribution in [0.25, 0.3) is 0 Å². The lowest BCUT2D eigenvalue weighted by molar-refractivity contribution is -0.125. The highest BCUT2D eigenvalue weighted by molar-refractivity contribution is 5.78. The number of carbonyl (C=O) groups is 1. The highest BCUT2D eigenvalue weighted by Crippen LogP contribution is 2.21. The van der Waals surface area contributed by atoms with Gasteiger partial charge in [-0.15, -0.1) is 0 Å². The monoisotopic (exact) mass is 246 g/mol. The third-order valence-electron chi connectivity index (χ3n) is 3.74. The first kappa shape index (κ1) is 13.1. The van der Waals surface area contributed by atoms with Crippen molar-refractivity contribution in [2.75, 3.05) is 6.54 Å². The fraction of sp³-hybridized carbons (Fsp3) is 0.533. The normalized spacial score (nSPS) is 20.0. The molecule has 1 amide bonds. The molecule has 0 fully saturated rings. The molecule has 0 heterocycles. The summed E-state index contributed by atoms with van der Waals surface area (Å²) in [5, 5.41) is 3.15. The lowest BCUT2D eigenvalue weighted by Gasteiger charge is -2.26. The molecule has 3 heteroatoms. The fourth-order valence-corrected chi connectivity index (χ4v) is 2.55. The van der Waals surface area contributed by atoms with Crippen molar-refractivity contribution in [1.29, 1.82) is 0 Å². The Labute approximate surface area is 109 Å². The van der Waals surface area contributed by atoms with Crippen LogP contribution in [0.5, 0.6) is 0 Å². The number of fused-ring (bicyclic) bond motifs is 1. The zero-order valence-electron chi connectivity index (χ0n) is 11.0. The van der Waals surface area contributed by atoms with Crippen LogP contribution < -0.4 is 11.1 Å². The van der Waals surface area contributed by atoms with Gasteiger partial charge in [-0.3, -0.25) is 4.79 Å². The second-order valence-electron chi connectivity index (χ2n) is 5.20. The van der Waals surface area contributed by atoms with Crippen molar-refractivity contribution in [3.8, 4) is 0 Å². The van der Waals surface area contributed by atoms with E-state index in [1.807, 2.05) is 6.92 Å². The molecule has 0 radical (unpaired) electrons. The van der Waals surface area contributed by atoms with E-state index in [4.69, 9.17) is 5.73 Å². The summed E-state index contributed by atoms with van der Waals surface area (Å²) >= 11 is 0. The Bertz CT molecular complexity index is 417. The number of nitrogens with two attached hydrogens (primary N) is 1. The molecule has 18 heavy (non-hydrogen) atoms. The van der Waals surface area contributed by atoms with Gasteiger partial charge >= 0.3 is 0 Å². The third kappa shape index (κ3) is 3.10. The van der Waals surface area contributed by atoms with E-state index in [0.717, 1.165) is 25.7 Å². The van der Waals surface area contributed by atoms with Crippen LogP contribution in [0.3, 0.4) is 0 Å². The van der Waals surface area contributed by atoms with E-state index in [1.54, 1.807) is 0 Å². The first-order valence-corrected chi connectivity index (χ1v) is 6.78. The summed E-state index contributed by atoms with van der Waals surface area (Å²) in [6, 6.07) is 8.79. The summed E-state index contributed by atoms with van der Waals surface area (Å²) in [6.07, 6.45) is 3.82. The van der Waals surface area contributed by atoms with E-state index >= 15 is 0 Å². The lowest BCUT2D eigenvalue weighted by Crippen LogP contribution is -2.41. The molecule has 1 aliphatic rings.